The molecule has 2 amide bonds. The lowest BCUT2D eigenvalue weighted by Gasteiger charge is -2.22. The number of methoxy groups -OCH3 is 2. The Bertz CT molecular complexity index is 1080. The van der Waals surface area contributed by atoms with Gasteiger partial charge >= 0.3 is 0 Å². The average molecular weight is 439 g/mol. The predicted molar refractivity (Wildman–Crippen MR) is 119 cm³/mol. The number of para-hydroxylation sites is 1. The van der Waals surface area contributed by atoms with E-state index in [0.29, 0.717) is 22.9 Å². The number of thioether (sulfide) groups is 1. The monoisotopic (exact) mass is 438 g/mol. The summed E-state index contributed by atoms with van der Waals surface area (Å²) in [5, 5.41) is 2.68. The van der Waals surface area contributed by atoms with Gasteiger partial charge in [0, 0.05) is 23.1 Å². The number of carbonyl (C=O) groups excluding carboxylic acids is 2. The van der Waals surface area contributed by atoms with Gasteiger partial charge in [-0.3, -0.25) is 9.59 Å². The SMILES string of the molecule is COc1ccc(NC(=O)CN2C(=O)C[C@H](c3ccco3)Sc3ccccc32)cc1OC. The van der Waals surface area contributed by atoms with Gasteiger partial charge in [0.25, 0.3) is 0 Å². The summed E-state index contributed by atoms with van der Waals surface area (Å²) < 4.78 is 16.0. The lowest BCUT2D eigenvalue weighted by molar-refractivity contribution is -0.121. The van der Waals surface area contributed by atoms with E-state index in [1.165, 1.54) is 12.0 Å². The van der Waals surface area contributed by atoms with Crippen LogP contribution < -0.4 is 19.7 Å². The molecule has 0 fully saturated rings. The van der Waals surface area contributed by atoms with E-state index >= 15 is 0 Å². The van der Waals surface area contributed by atoms with Crippen LogP contribution in [0.25, 0.3) is 0 Å². The van der Waals surface area contributed by atoms with Crippen molar-refractivity contribution in [3.63, 3.8) is 0 Å². The molecule has 0 saturated heterocycles. The molecule has 0 radical (unpaired) electrons. The third-order valence-electron chi connectivity index (χ3n) is 4.92. The highest BCUT2D eigenvalue weighted by Crippen LogP contribution is 2.45. The van der Waals surface area contributed by atoms with Crippen molar-refractivity contribution in [2.75, 3.05) is 31.0 Å². The first kappa shape index (κ1) is 20.9. The zero-order chi connectivity index (χ0) is 21.8. The summed E-state index contributed by atoms with van der Waals surface area (Å²) in [4.78, 5) is 28.4. The van der Waals surface area contributed by atoms with Gasteiger partial charge in [-0.25, -0.2) is 0 Å². The molecule has 7 nitrogen and oxygen atoms in total. The van der Waals surface area contributed by atoms with Gasteiger partial charge in [0.05, 0.1) is 31.4 Å². The Hall–Kier alpha value is -3.39. The van der Waals surface area contributed by atoms with Gasteiger partial charge in [0.1, 0.15) is 12.3 Å². The highest BCUT2D eigenvalue weighted by molar-refractivity contribution is 7.99. The molecule has 2 heterocycles. The number of amides is 2. The summed E-state index contributed by atoms with van der Waals surface area (Å²) in [6.45, 7) is -0.102. The summed E-state index contributed by atoms with van der Waals surface area (Å²) in [6.07, 6.45) is 1.84. The second-order valence-electron chi connectivity index (χ2n) is 6.89. The molecule has 0 aliphatic carbocycles. The van der Waals surface area contributed by atoms with Crippen LogP contribution in [0.15, 0.2) is 70.2 Å². The molecule has 1 N–H and O–H groups in total. The Labute approximate surface area is 184 Å². The van der Waals surface area contributed by atoms with Crippen LogP contribution in [-0.4, -0.2) is 32.6 Å². The van der Waals surface area contributed by atoms with Crippen LogP contribution in [0.3, 0.4) is 0 Å². The Morgan fingerprint density at radius 2 is 1.94 bits per heavy atom. The molecular weight excluding hydrogens is 416 g/mol. The van der Waals surface area contributed by atoms with Gasteiger partial charge < -0.3 is 24.1 Å². The van der Waals surface area contributed by atoms with Gasteiger partial charge in [-0.2, -0.15) is 0 Å². The number of benzene rings is 2. The van der Waals surface area contributed by atoms with Crippen molar-refractivity contribution in [1.29, 1.82) is 0 Å². The number of fused-ring (bicyclic) bond motifs is 1. The minimum absolute atomic E-state index is 0.102. The molecule has 1 aliphatic rings. The molecular formula is C23H22N2O5S. The molecule has 8 heteroatoms. The van der Waals surface area contributed by atoms with Gasteiger partial charge in [0.15, 0.2) is 11.5 Å². The van der Waals surface area contributed by atoms with Crippen LogP contribution in [0.1, 0.15) is 17.4 Å². The second-order valence-corrected chi connectivity index (χ2v) is 8.14. The largest absolute Gasteiger partial charge is 0.493 e. The zero-order valence-corrected chi connectivity index (χ0v) is 18.0. The van der Waals surface area contributed by atoms with E-state index in [1.54, 1.807) is 43.3 Å². The van der Waals surface area contributed by atoms with Crippen LogP contribution in [0.5, 0.6) is 11.5 Å². The number of nitrogens with zero attached hydrogens (tertiary/aromatic N) is 1. The van der Waals surface area contributed by atoms with Gasteiger partial charge in [-0.1, -0.05) is 12.1 Å². The number of hydrogen-bond donors (Lipinski definition) is 1. The summed E-state index contributed by atoms with van der Waals surface area (Å²) in [5.41, 5.74) is 1.27. The fourth-order valence-corrected chi connectivity index (χ4v) is 4.68. The number of anilines is 2. The predicted octanol–water partition coefficient (Wildman–Crippen LogP) is 4.51. The molecule has 1 aromatic heterocycles. The lowest BCUT2D eigenvalue weighted by atomic mass is 10.2. The van der Waals surface area contributed by atoms with Crippen molar-refractivity contribution in [2.45, 2.75) is 16.6 Å². The van der Waals surface area contributed by atoms with Crippen molar-refractivity contribution in [3.8, 4) is 11.5 Å². The summed E-state index contributed by atoms with van der Waals surface area (Å²) in [5.74, 6) is 1.37. The van der Waals surface area contributed by atoms with E-state index in [0.717, 1.165) is 10.7 Å². The van der Waals surface area contributed by atoms with Gasteiger partial charge in [-0.15, -0.1) is 11.8 Å². The third kappa shape index (κ3) is 4.54. The van der Waals surface area contributed by atoms with E-state index in [-0.39, 0.29) is 30.0 Å². The van der Waals surface area contributed by atoms with Crippen LogP contribution in [0.2, 0.25) is 0 Å². The molecule has 0 bridgehead atoms. The minimum Gasteiger partial charge on any atom is -0.493 e. The fraction of sp³-hybridized carbons (Fsp3) is 0.217. The van der Waals surface area contributed by atoms with Crippen molar-refractivity contribution in [2.24, 2.45) is 0 Å². The quantitative estimate of drug-likeness (QED) is 0.610. The first-order chi connectivity index (χ1) is 15.1. The van der Waals surface area contributed by atoms with Crippen LogP contribution in [0, 0.1) is 0 Å². The molecule has 1 atom stereocenters. The molecule has 0 unspecified atom stereocenters. The molecule has 31 heavy (non-hydrogen) atoms. The Morgan fingerprint density at radius 1 is 1.13 bits per heavy atom. The molecule has 3 aromatic rings. The Kier molecular flexibility index (Phi) is 6.18. The van der Waals surface area contributed by atoms with E-state index < -0.39 is 0 Å². The van der Waals surface area contributed by atoms with E-state index in [4.69, 9.17) is 13.9 Å². The van der Waals surface area contributed by atoms with Crippen LogP contribution in [0.4, 0.5) is 11.4 Å². The van der Waals surface area contributed by atoms with Crippen LogP contribution >= 0.6 is 11.8 Å². The fourth-order valence-electron chi connectivity index (χ4n) is 3.44. The molecule has 1 aliphatic heterocycles. The second kappa shape index (κ2) is 9.18. The molecule has 2 aromatic carbocycles. The van der Waals surface area contributed by atoms with E-state index in [9.17, 15) is 9.59 Å². The smallest absolute Gasteiger partial charge is 0.244 e. The number of nitrogens with one attached hydrogen (secondary N) is 1. The maximum atomic E-state index is 13.1. The highest BCUT2D eigenvalue weighted by Gasteiger charge is 2.31. The van der Waals surface area contributed by atoms with E-state index in [1.807, 2.05) is 36.4 Å². The Morgan fingerprint density at radius 3 is 2.68 bits per heavy atom. The number of furan rings is 1. The zero-order valence-electron chi connectivity index (χ0n) is 17.2. The summed E-state index contributed by atoms with van der Waals surface area (Å²) in [7, 11) is 3.08. The number of carbonyl (C=O) groups is 2. The first-order valence-corrected chi connectivity index (χ1v) is 10.6. The van der Waals surface area contributed by atoms with Crippen molar-refractivity contribution < 1.29 is 23.5 Å². The normalized spacial score (nSPS) is 15.7. The first-order valence-electron chi connectivity index (χ1n) is 9.70. The molecule has 160 valence electrons. The highest BCUT2D eigenvalue weighted by atomic mass is 32.2. The van der Waals surface area contributed by atoms with Gasteiger partial charge in [0.2, 0.25) is 11.8 Å². The minimum atomic E-state index is -0.308. The summed E-state index contributed by atoms with van der Waals surface area (Å²) >= 11 is 1.56. The summed E-state index contributed by atoms with van der Waals surface area (Å²) in [6, 6.07) is 16.4. The van der Waals surface area contributed by atoms with Crippen molar-refractivity contribution >= 4 is 35.0 Å². The Balaban J connectivity index is 1.55. The number of rotatable bonds is 6. The maximum Gasteiger partial charge on any atom is 0.244 e. The standard InChI is InChI=1S/C23H22N2O5S/c1-28-17-10-9-15(12-19(17)29-2)24-22(26)14-25-16-6-3-4-8-20(16)31-21(13-23(25)27)18-7-5-11-30-18/h3-12,21H,13-14H2,1-2H3,(H,24,26)/t21-/m1/s1. The number of hydrogen-bond acceptors (Lipinski definition) is 6. The van der Waals surface area contributed by atoms with Crippen LogP contribution in [-0.2, 0) is 9.59 Å². The molecule has 0 saturated carbocycles. The molecule has 0 spiro atoms. The van der Waals surface area contributed by atoms with Gasteiger partial charge in [-0.05, 0) is 36.4 Å². The molecule has 4 rings (SSSR count). The third-order valence-corrected chi connectivity index (χ3v) is 6.20. The topological polar surface area (TPSA) is 81.0 Å². The van der Waals surface area contributed by atoms with E-state index in [2.05, 4.69) is 5.32 Å². The van der Waals surface area contributed by atoms with Crippen molar-refractivity contribution in [3.05, 3.63) is 66.6 Å². The number of ether oxygens (including phenoxy) is 2. The average Bonchev–Trinajstić information content (AvgIpc) is 3.28. The van der Waals surface area contributed by atoms with Crippen molar-refractivity contribution in [1.82, 2.24) is 0 Å². The lowest BCUT2D eigenvalue weighted by Crippen LogP contribution is -2.38. The maximum absolute atomic E-state index is 13.1.